The van der Waals surface area contributed by atoms with Gasteiger partial charge in [-0.2, -0.15) is 0 Å². The fourth-order valence-electron chi connectivity index (χ4n) is 2.94. The second-order valence-corrected chi connectivity index (χ2v) is 8.03. The van der Waals surface area contributed by atoms with Gasteiger partial charge < -0.3 is 20.7 Å². The van der Waals surface area contributed by atoms with Gasteiger partial charge in [0, 0.05) is 4.88 Å². The van der Waals surface area contributed by atoms with Gasteiger partial charge in [-0.15, -0.1) is 11.3 Å². The van der Waals surface area contributed by atoms with Crippen LogP contribution in [0.1, 0.15) is 40.5 Å². The number of thiophene rings is 1. The van der Waals surface area contributed by atoms with Crippen molar-refractivity contribution >= 4 is 45.5 Å². The summed E-state index contributed by atoms with van der Waals surface area (Å²) in [5, 5.41) is 9.90. The topological polar surface area (TPSA) is 105 Å². The summed E-state index contributed by atoms with van der Waals surface area (Å²) >= 11 is 1.44. The molecule has 0 aliphatic carbocycles. The largest absolute Gasteiger partial charge is 0.465 e. The molecule has 2 aromatic rings. The lowest BCUT2D eigenvalue weighted by Gasteiger charge is -2.29. The van der Waals surface area contributed by atoms with E-state index in [9.17, 15) is 9.59 Å². The van der Waals surface area contributed by atoms with Crippen molar-refractivity contribution in [1.82, 2.24) is 9.97 Å². The maximum absolute atomic E-state index is 12.4. The third kappa shape index (κ3) is 3.46. The molecule has 2 aromatic heterocycles. The lowest BCUT2D eigenvalue weighted by Crippen LogP contribution is -2.43. The summed E-state index contributed by atoms with van der Waals surface area (Å²) < 4.78 is 4.92. The molecule has 1 aliphatic rings. The van der Waals surface area contributed by atoms with Crippen molar-refractivity contribution in [3.8, 4) is 0 Å². The zero-order valence-corrected chi connectivity index (χ0v) is 17.0. The number of nitrogens with zero attached hydrogens (tertiary/aromatic N) is 2. The standard InChI is InChI=1S/C18H23N5O3S/c1-7(2)12-16(24)22-13-14(21-12)19-10(5)20-15(13)23-17-11(18(25)26-6)8(3)9(4)27-17/h7,12H,1-6H3,(H,22,24)(H2,19,20,21,23). The Hall–Kier alpha value is -2.68. The lowest BCUT2D eigenvalue weighted by molar-refractivity contribution is -0.117. The van der Waals surface area contributed by atoms with E-state index in [1.165, 1.54) is 18.4 Å². The van der Waals surface area contributed by atoms with Crippen LogP contribution in [0.5, 0.6) is 0 Å². The number of hydrogen-bond donors (Lipinski definition) is 3. The van der Waals surface area contributed by atoms with Gasteiger partial charge >= 0.3 is 5.97 Å². The minimum Gasteiger partial charge on any atom is -0.465 e. The number of amides is 1. The molecule has 3 heterocycles. The maximum atomic E-state index is 12.4. The summed E-state index contributed by atoms with van der Waals surface area (Å²) in [5.74, 6) is 1.10. The van der Waals surface area contributed by atoms with Crippen molar-refractivity contribution in [2.75, 3.05) is 23.1 Å². The minimum absolute atomic E-state index is 0.110. The van der Waals surface area contributed by atoms with Crippen LogP contribution in [0.4, 0.5) is 22.3 Å². The highest BCUT2D eigenvalue weighted by atomic mass is 32.1. The summed E-state index contributed by atoms with van der Waals surface area (Å²) in [5.41, 5.74) is 1.80. The van der Waals surface area contributed by atoms with Gasteiger partial charge in [0.25, 0.3) is 0 Å². The van der Waals surface area contributed by atoms with Crippen LogP contribution in [0.15, 0.2) is 0 Å². The zero-order valence-electron chi connectivity index (χ0n) is 16.2. The van der Waals surface area contributed by atoms with Crippen LogP contribution in [0.2, 0.25) is 0 Å². The number of aromatic nitrogens is 2. The van der Waals surface area contributed by atoms with E-state index in [0.717, 1.165) is 10.4 Å². The molecule has 8 nitrogen and oxygen atoms in total. The Balaban J connectivity index is 2.05. The molecule has 1 atom stereocenters. The smallest absolute Gasteiger partial charge is 0.341 e. The van der Waals surface area contributed by atoms with Crippen LogP contribution in [-0.2, 0) is 9.53 Å². The molecule has 1 amide bonds. The second-order valence-electron chi connectivity index (χ2n) is 6.80. The Kier molecular flexibility index (Phi) is 5.05. The molecule has 0 fully saturated rings. The average molecular weight is 389 g/mol. The van der Waals surface area contributed by atoms with E-state index in [1.807, 2.05) is 27.7 Å². The quantitative estimate of drug-likeness (QED) is 0.688. The van der Waals surface area contributed by atoms with Gasteiger partial charge in [0.15, 0.2) is 11.6 Å². The number of ether oxygens (including phenoxy) is 1. The third-order valence-corrected chi connectivity index (χ3v) is 5.64. The maximum Gasteiger partial charge on any atom is 0.341 e. The van der Waals surface area contributed by atoms with Gasteiger partial charge in [-0.05, 0) is 32.3 Å². The molecule has 0 aromatic carbocycles. The van der Waals surface area contributed by atoms with Gasteiger partial charge in [-0.3, -0.25) is 4.79 Å². The molecule has 1 aliphatic heterocycles. The van der Waals surface area contributed by atoms with E-state index in [2.05, 4.69) is 25.9 Å². The number of carbonyl (C=O) groups excluding carboxylic acids is 2. The molecule has 9 heteroatoms. The number of nitrogens with one attached hydrogen (secondary N) is 3. The predicted octanol–water partition coefficient (Wildman–Crippen LogP) is 3.38. The van der Waals surface area contributed by atoms with Crippen LogP contribution in [0.3, 0.4) is 0 Å². The van der Waals surface area contributed by atoms with Crippen molar-refractivity contribution in [2.24, 2.45) is 5.92 Å². The summed E-state index contributed by atoms with van der Waals surface area (Å²) in [6.07, 6.45) is 0. The second kappa shape index (κ2) is 7.15. The number of carbonyl (C=O) groups is 2. The molecule has 0 saturated carbocycles. The summed E-state index contributed by atoms with van der Waals surface area (Å²) in [4.78, 5) is 34.5. The Morgan fingerprint density at radius 1 is 1.26 bits per heavy atom. The first-order valence-electron chi connectivity index (χ1n) is 8.64. The van der Waals surface area contributed by atoms with Crippen LogP contribution in [-0.4, -0.2) is 35.0 Å². The lowest BCUT2D eigenvalue weighted by atomic mass is 10.0. The van der Waals surface area contributed by atoms with Crippen LogP contribution in [0.25, 0.3) is 0 Å². The minimum atomic E-state index is -0.416. The van der Waals surface area contributed by atoms with Gasteiger partial charge in [0.1, 0.15) is 22.6 Å². The number of aryl methyl sites for hydroxylation is 2. The van der Waals surface area contributed by atoms with E-state index >= 15 is 0 Å². The molecule has 144 valence electrons. The van der Waals surface area contributed by atoms with E-state index in [1.54, 1.807) is 6.92 Å². The Labute approximate surface area is 161 Å². The van der Waals surface area contributed by atoms with Crippen molar-refractivity contribution in [2.45, 2.75) is 40.7 Å². The third-order valence-electron chi connectivity index (χ3n) is 4.52. The monoisotopic (exact) mass is 389 g/mol. The van der Waals surface area contributed by atoms with Gasteiger partial charge in [-0.25, -0.2) is 14.8 Å². The number of fused-ring (bicyclic) bond motifs is 1. The summed E-state index contributed by atoms with van der Waals surface area (Å²) in [6.45, 7) is 9.53. The van der Waals surface area contributed by atoms with Crippen molar-refractivity contribution in [1.29, 1.82) is 0 Å². The van der Waals surface area contributed by atoms with Gasteiger partial charge in [0.05, 0.1) is 12.7 Å². The number of anilines is 4. The van der Waals surface area contributed by atoms with Crippen LogP contribution in [0, 0.1) is 26.7 Å². The fourth-order valence-corrected chi connectivity index (χ4v) is 3.99. The van der Waals surface area contributed by atoms with E-state index in [0.29, 0.717) is 33.7 Å². The first kappa shape index (κ1) is 19.1. The van der Waals surface area contributed by atoms with Gasteiger partial charge in [-0.1, -0.05) is 13.8 Å². The fraction of sp³-hybridized carbons (Fsp3) is 0.444. The highest BCUT2D eigenvalue weighted by Crippen LogP contribution is 2.39. The van der Waals surface area contributed by atoms with Crippen molar-refractivity contribution in [3.63, 3.8) is 0 Å². The van der Waals surface area contributed by atoms with E-state index in [4.69, 9.17) is 4.74 Å². The molecule has 0 spiro atoms. The van der Waals surface area contributed by atoms with Gasteiger partial charge in [0.2, 0.25) is 5.91 Å². The Morgan fingerprint density at radius 2 is 1.96 bits per heavy atom. The molecule has 27 heavy (non-hydrogen) atoms. The molecule has 0 bridgehead atoms. The molecular weight excluding hydrogens is 366 g/mol. The van der Waals surface area contributed by atoms with Crippen LogP contribution >= 0.6 is 11.3 Å². The number of esters is 1. The van der Waals surface area contributed by atoms with Crippen molar-refractivity contribution < 1.29 is 14.3 Å². The predicted molar refractivity (Wildman–Crippen MR) is 106 cm³/mol. The highest BCUT2D eigenvalue weighted by molar-refractivity contribution is 7.16. The molecule has 3 rings (SSSR count). The van der Waals surface area contributed by atoms with E-state index < -0.39 is 5.97 Å². The highest BCUT2D eigenvalue weighted by Gasteiger charge is 2.32. The number of methoxy groups -OCH3 is 1. The van der Waals surface area contributed by atoms with Crippen molar-refractivity contribution in [3.05, 3.63) is 21.8 Å². The first-order valence-corrected chi connectivity index (χ1v) is 9.46. The summed E-state index contributed by atoms with van der Waals surface area (Å²) in [7, 11) is 1.35. The SMILES string of the molecule is COC(=O)c1c(Nc2nc(C)nc3c2NC(=O)C(C(C)C)N3)sc(C)c1C. The molecule has 0 saturated heterocycles. The van der Waals surface area contributed by atoms with E-state index in [-0.39, 0.29) is 17.9 Å². The average Bonchev–Trinajstić information content (AvgIpc) is 2.88. The number of rotatable bonds is 4. The first-order chi connectivity index (χ1) is 12.7. The molecular formula is C18H23N5O3S. The number of hydrogen-bond acceptors (Lipinski definition) is 8. The molecule has 0 radical (unpaired) electrons. The normalized spacial score (nSPS) is 15.8. The zero-order chi connectivity index (χ0) is 19.9. The molecule has 3 N–H and O–H groups in total. The Bertz CT molecular complexity index is 922. The molecule has 1 unspecified atom stereocenters. The summed E-state index contributed by atoms with van der Waals surface area (Å²) in [6, 6.07) is -0.364. The van der Waals surface area contributed by atoms with Crippen LogP contribution < -0.4 is 16.0 Å². The Morgan fingerprint density at radius 3 is 2.59 bits per heavy atom.